The van der Waals surface area contributed by atoms with E-state index in [0.29, 0.717) is 22.8 Å². The predicted molar refractivity (Wildman–Crippen MR) is 87.0 cm³/mol. The second kappa shape index (κ2) is 7.41. The topological polar surface area (TPSA) is 58.4 Å². The van der Waals surface area contributed by atoms with E-state index in [9.17, 15) is 4.79 Å². The molecule has 0 radical (unpaired) electrons. The number of rotatable bonds is 4. The molecule has 7 heteroatoms. The van der Waals surface area contributed by atoms with Crippen LogP contribution in [0.15, 0.2) is 12.1 Å². The van der Waals surface area contributed by atoms with Crippen LogP contribution in [0.2, 0.25) is 10.0 Å². The molecular weight excluding hydrogens is 317 g/mol. The molecule has 4 nitrogen and oxygen atoms in total. The number of benzene rings is 1. The first-order valence-corrected chi connectivity index (χ1v) is 8.32. The van der Waals surface area contributed by atoms with Crippen molar-refractivity contribution < 1.29 is 4.79 Å². The number of nitrogens with zero attached hydrogens (tertiary/aromatic N) is 1. The van der Waals surface area contributed by atoms with E-state index in [2.05, 4.69) is 10.2 Å². The molecule has 1 heterocycles. The van der Waals surface area contributed by atoms with Crippen molar-refractivity contribution in [2.75, 3.05) is 43.4 Å². The van der Waals surface area contributed by atoms with E-state index in [4.69, 9.17) is 28.9 Å². The van der Waals surface area contributed by atoms with Crippen LogP contribution in [0.3, 0.4) is 0 Å². The van der Waals surface area contributed by atoms with Gasteiger partial charge in [0.1, 0.15) is 0 Å². The van der Waals surface area contributed by atoms with Crippen molar-refractivity contribution in [1.29, 1.82) is 0 Å². The fourth-order valence-electron chi connectivity index (χ4n) is 2.02. The number of hydrogen-bond acceptors (Lipinski definition) is 4. The summed E-state index contributed by atoms with van der Waals surface area (Å²) in [5.74, 6) is 2.07. The Morgan fingerprint density at radius 1 is 1.35 bits per heavy atom. The maximum absolute atomic E-state index is 12.1. The first-order valence-electron chi connectivity index (χ1n) is 6.41. The summed E-state index contributed by atoms with van der Waals surface area (Å²) < 4.78 is 0. The van der Waals surface area contributed by atoms with Gasteiger partial charge in [0.2, 0.25) is 0 Å². The molecule has 1 saturated heterocycles. The van der Waals surface area contributed by atoms with Crippen LogP contribution >= 0.6 is 35.0 Å². The van der Waals surface area contributed by atoms with Crippen LogP contribution in [0, 0.1) is 0 Å². The number of anilines is 1. The van der Waals surface area contributed by atoms with Crippen molar-refractivity contribution in [1.82, 2.24) is 10.2 Å². The van der Waals surface area contributed by atoms with Crippen molar-refractivity contribution in [3.05, 3.63) is 27.7 Å². The van der Waals surface area contributed by atoms with Crippen molar-refractivity contribution in [2.24, 2.45) is 0 Å². The second-order valence-corrected chi connectivity index (χ2v) is 6.58. The van der Waals surface area contributed by atoms with E-state index >= 15 is 0 Å². The standard InChI is InChI=1S/C13H17Cl2N3OS/c14-11-8-9(16)7-10(12(11)15)13(19)17-1-2-18-3-5-20-6-4-18/h7-8H,1-6,16H2,(H,17,19). The van der Waals surface area contributed by atoms with Gasteiger partial charge in [0.05, 0.1) is 15.6 Å². The summed E-state index contributed by atoms with van der Waals surface area (Å²) in [6.45, 7) is 3.59. The number of thioether (sulfide) groups is 1. The minimum atomic E-state index is -0.240. The van der Waals surface area contributed by atoms with Gasteiger partial charge >= 0.3 is 0 Å². The largest absolute Gasteiger partial charge is 0.399 e. The first kappa shape index (κ1) is 15.8. The fraction of sp³-hybridized carbons (Fsp3) is 0.462. The Morgan fingerprint density at radius 3 is 2.75 bits per heavy atom. The van der Waals surface area contributed by atoms with Gasteiger partial charge in [0.15, 0.2) is 0 Å². The Kier molecular flexibility index (Phi) is 5.84. The molecule has 1 aliphatic heterocycles. The van der Waals surface area contributed by atoms with Gasteiger partial charge in [-0.3, -0.25) is 9.69 Å². The molecule has 20 heavy (non-hydrogen) atoms. The number of amides is 1. The van der Waals surface area contributed by atoms with Gasteiger partial charge in [-0.1, -0.05) is 23.2 Å². The normalized spacial score (nSPS) is 16.1. The van der Waals surface area contributed by atoms with Crippen molar-refractivity contribution in [2.45, 2.75) is 0 Å². The van der Waals surface area contributed by atoms with Crippen LogP contribution in [0.4, 0.5) is 5.69 Å². The average Bonchev–Trinajstić information content (AvgIpc) is 2.44. The molecule has 110 valence electrons. The van der Waals surface area contributed by atoms with Gasteiger partial charge in [-0.2, -0.15) is 11.8 Å². The number of halogens is 2. The molecule has 1 amide bonds. The lowest BCUT2D eigenvalue weighted by atomic mass is 10.2. The van der Waals surface area contributed by atoms with Crippen LogP contribution < -0.4 is 11.1 Å². The lowest BCUT2D eigenvalue weighted by Crippen LogP contribution is -2.39. The van der Waals surface area contributed by atoms with Crippen LogP contribution in [-0.2, 0) is 0 Å². The van der Waals surface area contributed by atoms with Gasteiger partial charge in [0.25, 0.3) is 5.91 Å². The summed E-state index contributed by atoms with van der Waals surface area (Å²) >= 11 is 13.9. The Balaban J connectivity index is 1.88. The number of nitrogens with two attached hydrogens (primary N) is 1. The summed E-state index contributed by atoms with van der Waals surface area (Å²) in [6, 6.07) is 3.08. The van der Waals surface area contributed by atoms with Crippen molar-refractivity contribution >= 4 is 46.6 Å². The van der Waals surface area contributed by atoms with E-state index in [-0.39, 0.29) is 10.9 Å². The van der Waals surface area contributed by atoms with E-state index in [1.807, 2.05) is 11.8 Å². The summed E-state index contributed by atoms with van der Waals surface area (Å²) in [6.07, 6.45) is 0. The molecule has 1 aromatic rings. The third-order valence-corrected chi connectivity index (χ3v) is 4.86. The van der Waals surface area contributed by atoms with Gasteiger partial charge in [0, 0.05) is 43.4 Å². The van der Waals surface area contributed by atoms with Crippen molar-refractivity contribution in [3.8, 4) is 0 Å². The lowest BCUT2D eigenvalue weighted by Gasteiger charge is -2.26. The van der Waals surface area contributed by atoms with Gasteiger partial charge in [-0.25, -0.2) is 0 Å². The highest BCUT2D eigenvalue weighted by Gasteiger charge is 2.15. The van der Waals surface area contributed by atoms with E-state index in [1.165, 1.54) is 6.07 Å². The number of nitrogens with one attached hydrogen (secondary N) is 1. The summed E-state index contributed by atoms with van der Waals surface area (Å²) in [4.78, 5) is 14.4. The highest BCUT2D eigenvalue weighted by atomic mass is 35.5. The third kappa shape index (κ3) is 4.19. The molecule has 0 saturated carbocycles. The van der Waals surface area contributed by atoms with Crippen LogP contribution in [0.5, 0.6) is 0 Å². The van der Waals surface area contributed by atoms with Gasteiger partial charge in [-0.15, -0.1) is 0 Å². The fourth-order valence-corrected chi connectivity index (χ4v) is 3.42. The molecule has 0 unspecified atom stereocenters. The minimum absolute atomic E-state index is 0.240. The number of carbonyl (C=O) groups excluding carboxylic acids is 1. The van der Waals surface area contributed by atoms with Gasteiger partial charge < -0.3 is 11.1 Å². The Morgan fingerprint density at radius 2 is 2.05 bits per heavy atom. The molecule has 0 aromatic heterocycles. The minimum Gasteiger partial charge on any atom is -0.399 e. The van der Waals surface area contributed by atoms with Crippen LogP contribution in [-0.4, -0.2) is 48.5 Å². The monoisotopic (exact) mass is 333 g/mol. The zero-order valence-corrected chi connectivity index (χ0v) is 13.3. The molecule has 3 N–H and O–H groups in total. The molecular formula is C13H17Cl2N3OS. The Labute approximate surface area is 133 Å². The predicted octanol–water partition coefficient (Wildman–Crippen LogP) is 2.35. The number of carbonyl (C=O) groups is 1. The SMILES string of the molecule is Nc1cc(Cl)c(Cl)c(C(=O)NCCN2CCSCC2)c1. The summed E-state index contributed by atoms with van der Waals surface area (Å²) in [5.41, 5.74) is 6.43. The summed E-state index contributed by atoms with van der Waals surface area (Å²) in [5, 5.41) is 3.39. The van der Waals surface area contributed by atoms with E-state index < -0.39 is 0 Å². The molecule has 1 fully saturated rings. The van der Waals surface area contributed by atoms with Gasteiger partial charge in [-0.05, 0) is 12.1 Å². The molecule has 1 aromatic carbocycles. The lowest BCUT2D eigenvalue weighted by molar-refractivity contribution is 0.0949. The smallest absolute Gasteiger partial charge is 0.252 e. The Bertz CT molecular complexity index is 493. The highest BCUT2D eigenvalue weighted by molar-refractivity contribution is 7.99. The number of nitrogen functional groups attached to an aromatic ring is 1. The average molecular weight is 334 g/mol. The zero-order valence-electron chi connectivity index (χ0n) is 11.0. The quantitative estimate of drug-likeness (QED) is 0.830. The van der Waals surface area contributed by atoms with Crippen LogP contribution in [0.25, 0.3) is 0 Å². The molecule has 2 rings (SSSR count). The van der Waals surface area contributed by atoms with E-state index in [0.717, 1.165) is 31.1 Å². The van der Waals surface area contributed by atoms with Crippen LogP contribution in [0.1, 0.15) is 10.4 Å². The molecule has 0 aliphatic carbocycles. The maximum Gasteiger partial charge on any atom is 0.252 e. The molecule has 0 bridgehead atoms. The molecule has 1 aliphatic rings. The first-order chi connectivity index (χ1) is 9.58. The maximum atomic E-state index is 12.1. The highest BCUT2D eigenvalue weighted by Crippen LogP contribution is 2.28. The third-order valence-electron chi connectivity index (χ3n) is 3.11. The number of hydrogen-bond donors (Lipinski definition) is 2. The molecule has 0 atom stereocenters. The Hall–Kier alpha value is -0.620. The summed E-state index contributed by atoms with van der Waals surface area (Å²) in [7, 11) is 0. The van der Waals surface area contributed by atoms with E-state index in [1.54, 1.807) is 6.07 Å². The zero-order chi connectivity index (χ0) is 14.5. The van der Waals surface area contributed by atoms with Crippen molar-refractivity contribution in [3.63, 3.8) is 0 Å². The second-order valence-electron chi connectivity index (χ2n) is 4.57. The molecule has 0 spiro atoms.